The van der Waals surface area contributed by atoms with Crippen LogP contribution in [0.3, 0.4) is 0 Å². The summed E-state index contributed by atoms with van der Waals surface area (Å²) >= 11 is 0. The average Bonchev–Trinajstić information content (AvgIpc) is 3.12. The van der Waals surface area contributed by atoms with Crippen molar-refractivity contribution in [1.82, 2.24) is 9.62 Å². The van der Waals surface area contributed by atoms with Crippen LogP contribution in [0.1, 0.15) is 50.3 Å². The number of sulfonamides is 1. The van der Waals surface area contributed by atoms with E-state index >= 15 is 0 Å². The maximum atomic E-state index is 12.9. The molecule has 1 amide bonds. The van der Waals surface area contributed by atoms with Crippen LogP contribution >= 0.6 is 0 Å². The van der Waals surface area contributed by atoms with Gasteiger partial charge >= 0.3 is 7.12 Å². The van der Waals surface area contributed by atoms with Crippen LogP contribution in [0.5, 0.6) is 0 Å². The molecule has 34 heavy (non-hydrogen) atoms. The predicted molar refractivity (Wildman–Crippen MR) is 133 cm³/mol. The van der Waals surface area contributed by atoms with Gasteiger partial charge in [0.05, 0.1) is 24.2 Å². The van der Waals surface area contributed by atoms with Gasteiger partial charge in [-0.1, -0.05) is 38.6 Å². The normalized spacial score (nSPS) is 30.4. The van der Waals surface area contributed by atoms with Gasteiger partial charge in [-0.2, -0.15) is 4.31 Å². The molecule has 0 radical (unpaired) electrons. The minimum absolute atomic E-state index is 0.00255. The number of benzene rings is 1. The Hall–Kier alpha value is -1.68. The van der Waals surface area contributed by atoms with Crippen LogP contribution in [0.25, 0.3) is 0 Å². The highest BCUT2D eigenvalue weighted by molar-refractivity contribution is 7.92. The van der Waals surface area contributed by atoms with E-state index in [0.717, 1.165) is 28.1 Å². The Balaban J connectivity index is 1.55. The van der Waals surface area contributed by atoms with Crippen molar-refractivity contribution in [2.45, 2.75) is 71.5 Å². The van der Waals surface area contributed by atoms with Gasteiger partial charge in [0.1, 0.15) is 0 Å². The number of carbonyl (C=O) groups excluding carboxylic acids is 1. The predicted octanol–water partition coefficient (Wildman–Crippen LogP) is 3.00. The van der Waals surface area contributed by atoms with Crippen molar-refractivity contribution >= 4 is 23.0 Å². The number of amides is 1. The molecule has 1 saturated heterocycles. The standard InChI is InChI=1S/C25H37BN2O5S/c1-8-34(30,31)28(7)15-23(29)27-22(12-18-10-9-16(2)17(3)11-18)26-32-21-14-19-13-20(24(19,4)5)25(21,6)33-26/h8-11,19-22H,1,12-15H2,2-7H3,(H,27,29)/t19-,20-,21+,22-,25-/m0/s1. The third-order valence-corrected chi connectivity index (χ3v) is 10.1. The molecule has 4 fully saturated rings. The molecule has 5 atom stereocenters. The second-order valence-corrected chi connectivity index (χ2v) is 13.1. The lowest BCUT2D eigenvalue weighted by Gasteiger charge is -2.64. The van der Waals surface area contributed by atoms with Crippen molar-refractivity contribution in [2.75, 3.05) is 13.6 Å². The van der Waals surface area contributed by atoms with E-state index in [2.05, 4.69) is 64.7 Å². The van der Waals surface area contributed by atoms with Crippen LogP contribution in [0.2, 0.25) is 0 Å². The lowest BCUT2D eigenvalue weighted by atomic mass is 9.43. The summed E-state index contributed by atoms with van der Waals surface area (Å²) in [6.07, 6.45) is 2.63. The summed E-state index contributed by atoms with van der Waals surface area (Å²) in [5.74, 6) is 0.190. The third-order valence-electron chi connectivity index (χ3n) is 8.68. The van der Waals surface area contributed by atoms with E-state index in [4.69, 9.17) is 9.31 Å². The summed E-state index contributed by atoms with van der Waals surface area (Å²) < 4.78 is 38.1. The first-order valence-corrected chi connectivity index (χ1v) is 13.6. The molecule has 1 heterocycles. The molecule has 3 saturated carbocycles. The van der Waals surface area contributed by atoms with E-state index in [1.54, 1.807) is 0 Å². The fourth-order valence-electron chi connectivity index (χ4n) is 6.14. The molecule has 5 rings (SSSR count). The zero-order valence-electron chi connectivity index (χ0n) is 21.1. The molecule has 186 valence electrons. The van der Waals surface area contributed by atoms with Gasteiger partial charge in [-0.25, -0.2) is 8.42 Å². The number of nitrogens with zero attached hydrogens (tertiary/aromatic N) is 1. The van der Waals surface area contributed by atoms with Crippen molar-refractivity contribution in [1.29, 1.82) is 0 Å². The largest absolute Gasteiger partial charge is 0.482 e. The molecule has 1 aromatic carbocycles. The summed E-state index contributed by atoms with van der Waals surface area (Å²) in [6.45, 7) is 13.9. The number of rotatable bonds is 8. The average molecular weight is 488 g/mol. The van der Waals surface area contributed by atoms with E-state index in [1.807, 2.05) is 0 Å². The summed E-state index contributed by atoms with van der Waals surface area (Å²) in [4.78, 5) is 12.9. The van der Waals surface area contributed by atoms with Crippen LogP contribution < -0.4 is 5.32 Å². The molecule has 0 unspecified atom stereocenters. The minimum atomic E-state index is -3.69. The van der Waals surface area contributed by atoms with E-state index < -0.39 is 34.6 Å². The molecule has 1 N–H and O–H groups in total. The van der Waals surface area contributed by atoms with Gasteiger partial charge in [-0.05, 0) is 74.0 Å². The summed E-state index contributed by atoms with van der Waals surface area (Å²) in [6, 6.07) is 6.24. The summed E-state index contributed by atoms with van der Waals surface area (Å²) in [5.41, 5.74) is 3.28. The summed E-state index contributed by atoms with van der Waals surface area (Å²) in [5, 5.41) is 3.86. The van der Waals surface area contributed by atoms with Crippen LogP contribution in [0, 0.1) is 31.1 Å². The van der Waals surface area contributed by atoms with Crippen molar-refractivity contribution < 1.29 is 22.5 Å². The van der Waals surface area contributed by atoms with Gasteiger partial charge in [-0.15, -0.1) is 0 Å². The third kappa shape index (κ3) is 4.36. The quantitative estimate of drug-likeness (QED) is 0.569. The topological polar surface area (TPSA) is 84.9 Å². The van der Waals surface area contributed by atoms with E-state index in [1.165, 1.54) is 18.2 Å². The molecule has 3 aliphatic carbocycles. The molecule has 1 aromatic rings. The van der Waals surface area contributed by atoms with Crippen LogP contribution in [-0.2, 0) is 30.5 Å². The Morgan fingerprint density at radius 2 is 2.00 bits per heavy atom. The second kappa shape index (κ2) is 8.77. The number of likely N-dealkylation sites (N-methyl/N-ethyl adjacent to an activating group) is 1. The highest BCUT2D eigenvalue weighted by atomic mass is 32.2. The first-order valence-electron chi connectivity index (χ1n) is 12.1. The molecular formula is C25H37BN2O5S. The van der Waals surface area contributed by atoms with Gasteiger partial charge in [0.25, 0.3) is 0 Å². The van der Waals surface area contributed by atoms with Crippen molar-refractivity contribution in [2.24, 2.45) is 17.3 Å². The number of carbonyl (C=O) groups is 1. The Bertz CT molecular complexity index is 1090. The zero-order valence-corrected chi connectivity index (χ0v) is 21.9. The molecule has 2 bridgehead atoms. The van der Waals surface area contributed by atoms with Gasteiger partial charge < -0.3 is 14.6 Å². The zero-order chi connectivity index (χ0) is 25.1. The number of hydrogen-bond donors (Lipinski definition) is 1. The van der Waals surface area contributed by atoms with Gasteiger partial charge in [-0.3, -0.25) is 4.79 Å². The van der Waals surface area contributed by atoms with Gasteiger partial charge in [0, 0.05) is 12.5 Å². The molecule has 0 spiro atoms. The number of nitrogens with one attached hydrogen (secondary N) is 1. The van der Waals surface area contributed by atoms with Crippen LogP contribution in [0.4, 0.5) is 0 Å². The summed E-state index contributed by atoms with van der Waals surface area (Å²) in [7, 11) is -2.92. The Morgan fingerprint density at radius 1 is 1.29 bits per heavy atom. The second-order valence-electron chi connectivity index (χ2n) is 11.1. The lowest BCUT2D eigenvalue weighted by Crippen LogP contribution is -2.65. The van der Waals surface area contributed by atoms with Crippen molar-refractivity contribution in [3.63, 3.8) is 0 Å². The Morgan fingerprint density at radius 3 is 2.62 bits per heavy atom. The fraction of sp³-hybridized carbons (Fsp3) is 0.640. The first-order chi connectivity index (χ1) is 15.8. The lowest BCUT2D eigenvalue weighted by molar-refractivity contribution is -0.199. The molecule has 0 aromatic heterocycles. The molecule has 7 nitrogen and oxygen atoms in total. The Labute approximate surface area is 204 Å². The highest BCUT2D eigenvalue weighted by Gasteiger charge is 2.68. The SMILES string of the molecule is C=CS(=O)(=O)N(C)CC(=O)N[C@@H](Cc1ccc(C)c(C)c1)B1O[C@@H]2C[C@@H]3C[C@@H](C3(C)C)[C@]2(C)O1. The molecular weight excluding hydrogens is 451 g/mol. The highest BCUT2D eigenvalue weighted by Crippen LogP contribution is 2.65. The van der Waals surface area contributed by atoms with E-state index in [9.17, 15) is 13.2 Å². The fourth-order valence-corrected chi connectivity index (χ4v) is 6.69. The van der Waals surface area contributed by atoms with Crippen LogP contribution in [-0.4, -0.2) is 57.0 Å². The van der Waals surface area contributed by atoms with Crippen molar-refractivity contribution in [3.05, 3.63) is 46.9 Å². The molecule has 1 aliphatic heterocycles. The minimum Gasteiger partial charge on any atom is -0.404 e. The van der Waals surface area contributed by atoms with Crippen LogP contribution in [0.15, 0.2) is 30.2 Å². The molecule has 9 heteroatoms. The molecule has 4 aliphatic rings. The smallest absolute Gasteiger partial charge is 0.404 e. The van der Waals surface area contributed by atoms with Gasteiger partial charge in [0.2, 0.25) is 15.9 Å². The monoisotopic (exact) mass is 488 g/mol. The maximum Gasteiger partial charge on any atom is 0.482 e. The maximum absolute atomic E-state index is 12.9. The number of hydrogen-bond acceptors (Lipinski definition) is 5. The van der Waals surface area contributed by atoms with E-state index in [0.29, 0.717) is 18.3 Å². The first kappa shape index (κ1) is 25.4. The number of aryl methyl sites for hydroxylation is 2. The van der Waals surface area contributed by atoms with E-state index in [-0.39, 0.29) is 18.1 Å². The van der Waals surface area contributed by atoms with Gasteiger partial charge in [0.15, 0.2) is 0 Å². The van der Waals surface area contributed by atoms with Crippen molar-refractivity contribution in [3.8, 4) is 0 Å². The Kier molecular flexibility index (Phi) is 6.55.